The maximum absolute atomic E-state index is 16.7. The second-order valence-corrected chi connectivity index (χ2v) is 14.0. The zero-order valence-corrected chi connectivity index (χ0v) is 28.9. The molecule has 50 heavy (non-hydrogen) atoms. The van der Waals surface area contributed by atoms with Crippen LogP contribution in [0, 0.1) is 11.7 Å². The molecule has 0 N–H and O–H groups in total. The van der Waals surface area contributed by atoms with E-state index in [2.05, 4.69) is 25.0 Å². The number of nitrogens with zero attached hydrogens (tertiary/aromatic N) is 8. The van der Waals surface area contributed by atoms with Crippen molar-refractivity contribution in [3.05, 3.63) is 71.2 Å². The third-order valence-corrected chi connectivity index (χ3v) is 10.7. The van der Waals surface area contributed by atoms with Gasteiger partial charge in [0.15, 0.2) is 11.6 Å². The molecule has 0 aliphatic carbocycles. The normalized spacial score (nSPS) is 17.6. The number of fused-ring (bicyclic) bond motifs is 3. The highest BCUT2D eigenvalue weighted by atomic mass is 35.5. The third-order valence-electron chi connectivity index (χ3n) is 10.4. The van der Waals surface area contributed by atoms with Crippen LogP contribution < -0.4 is 9.64 Å². The predicted octanol–water partition coefficient (Wildman–Crippen LogP) is 6.20. The van der Waals surface area contributed by atoms with Gasteiger partial charge < -0.3 is 19.1 Å². The van der Waals surface area contributed by atoms with E-state index in [1.807, 2.05) is 49.2 Å². The number of ether oxygens (including phenoxy) is 1. The number of pyridine rings is 1. The van der Waals surface area contributed by atoms with Crippen molar-refractivity contribution in [2.24, 2.45) is 5.92 Å². The van der Waals surface area contributed by atoms with Crippen molar-refractivity contribution < 1.29 is 18.4 Å². The van der Waals surface area contributed by atoms with Crippen molar-refractivity contribution >= 4 is 51.1 Å². The first kappa shape index (κ1) is 32.5. The fourth-order valence-electron chi connectivity index (χ4n) is 7.78. The van der Waals surface area contributed by atoms with Gasteiger partial charge in [0, 0.05) is 73.3 Å². The molecule has 3 aliphatic heterocycles. The quantitative estimate of drug-likeness (QED) is 0.157. The Balaban J connectivity index is 1.07. The van der Waals surface area contributed by atoms with E-state index in [0.717, 1.165) is 49.5 Å². The van der Waals surface area contributed by atoms with Crippen LogP contribution in [0.3, 0.4) is 0 Å². The first-order valence-electron chi connectivity index (χ1n) is 17.2. The topological polar surface area (TPSA) is 114 Å². The Bertz CT molecular complexity index is 2100. The first-order chi connectivity index (χ1) is 24.3. The van der Waals surface area contributed by atoms with Gasteiger partial charge >= 0.3 is 6.01 Å². The van der Waals surface area contributed by atoms with Gasteiger partial charge in [-0.25, -0.2) is 4.39 Å². The summed E-state index contributed by atoms with van der Waals surface area (Å²) in [5.41, 5.74) is 0.872. The number of aryl methyl sites for hydroxylation is 1. The van der Waals surface area contributed by atoms with Crippen LogP contribution in [0.1, 0.15) is 44.3 Å². The number of hydrogen-bond acceptors (Lipinski definition) is 10. The van der Waals surface area contributed by atoms with Crippen LogP contribution >= 0.6 is 11.6 Å². The van der Waals surface area contributed by atoms with Crippen LogP contribution in [0.2, 0.25) is 5.02 Å². The highest BCUT2D eigenvalue weighted by Crippen LogP contribution is 2.40. The molecule has 2 aromatic carbocycles. The summed E-state index contributed by atoms with van der Waals surface area (Å²) in [6.07, 6.45) is 9.71. The highest BCUT2D eigenvalue weighted by molar-refractivity contribution is 6.36. The Hall–Kier alpha value is -4.68. The molecule has 3 saturated heterocycles. The minimum Gasteiger partial charge on any atom is -0.461 e. The van der Waals surface area contributed by atoms with Crippen LogP contribution in [0.5, 0.6) is 6.01 Å². The summed E-state index contributed by atoms with van der Waals surface area (Å²) >= 11 is 6.63. The lowest BCUT2D eigenvalue weighted by atomic mass is 9.95. The summed E-state index contributed by atoms with van der Waals surface area (Å²) in [5.74, 6) is 0.931. The van der Waals surface area contributed by atoms with Gasteiger partial charge in [-0.3, -0.25) is 14.7 Å². The molecule has 0 atom stereocenters. The Kier molecular flexibility index (Phi) is 8.60. The largest absolute Gasteiger partial charge is 0.461 e. The van der Waals surface area contributed by atoms with Crippen LogP contribution in [0.15, 0.2) is 53.2 Å². The molecule has 3 aromatic heterocycles. The van der Waals surface area contributed by atoms with Gasteiger partial charge in [-0.1, -0.05) is 54.0 Å². The summed E-state index contributed by atoms with van der Waals surface area (Å²) < 4.78 is 28.3. The van der Waals surface area contributed by atoms with Crippen LogP contribution in [0.25, 0.3) is 39.0 Å². The van der Waals surface area contributed by atoms with Crippen molar-refractivity contribution in [1.29, 1.82) is 0 Å². The van der Waals surface area contributed by atoms with Crippen LogP contribution in [-0.2, 0) is 11.2 Å². The van der Waals surface area contributed by atoms with Gasteiger partial charge in [-0.2, -0.15) is 15.0 Å². The molecule has 0 unspecified atom stereocenters. The first-order valence-corrected chi connectivity index (χ1v) is 17.6. The van der Waals surface area contributed by atoms with Crippen molar-refractivity contribution in [3.63, 3.8) is 0 Å². The summed E-state index contributed by atoms with van der Waals surface area (Å²) in [6.45, 7) is 6.26. The monoisotopic (exact) mass is 696 g/mol. The molecule has 5 aromatic rings. The zero-order chi connectivity index (χ0) is 34.4. The van der Waals surface area contributed by atoms with E-state index >= 15 is 4.39 Å². The summed E-state index contributed by atoms with van der Waals surface area (Å²) in [4.78, 5) is 37.4. The molecular weight excluding hydrogens is 659 g/mol. The summed E-state index contributed by atoms with van der Waals surface area (Å²) in [6, 6.07) is 11.4. The molecule has 6 heterocycles. The average molecular weight is 697 g/mol. The van der Waals surface area contributed by atoms with Crippen LogP contribution in [-0.4, -0.2) is 92.7 Å². The lowest BCUT2D eigenvalue weighted by Gasteiger charge is -2.40. The number of halogens is 2. The smallest absolute Gasteiger partial charge is 0.319 e. The number of likely N-dealkylation sites (tertiary alicyclic amines) is 1. The fourth-order valence-corrected chi connectivity index (χ4v) is 8.07. The molecular formula is C37H38ClFN8O3. The molecule has 11 nitrogen and oxygen atoms in total. The van der Waals surface area contributed by atoms with Crippen molar-refractivity contribution in [2.75, 3.05) is 51.3 Å². The predicted molar refractivity (Wildman–Crippen MR) is 190 cm³/mol. The highest BCUT2D eigenvalue weighted by Gasteiger charge is 2.45. The van der Waals surface area contributed by atoms with Gasteiger partial charge in [0.05, 0.1) is 10.9 Å². The van der Waals surface area contributed by atoms with Gasteiger partial charge in [-0.15, -0.1) is 0 Å². The van der Waals surface area contributed by atoms with Crippen molar-refractivity contribution in [1.82, 2.24) is 34.9 Å². The second kappa shape index (κ2) is 13.2. The van der Waals surface area contributed by atoms with Gasteiger partial charge in [0.2, 0.25) is 5.91 Å². The molecule has 0 saturated carbocycles. The van der Waals surface area contributed by atoms with E-state index in [-0.39, 0.29) is 34.6 Å². The number of hydrogen-bond donors (Lipinski definition) is 0. The molecule has 0 radical (unpaired) electrons. The van der Waals surface area contributed by atoms with Gasteiger partial charge in [-0.05, 0) is 50.2 Å². The number of benzene rings is 2. The van der Waals surface area contributed by atoms with Crippen molar-refractivity contribution in [3.8, 4) is 17.3 Å². The van der Waals surface area contributed by atoms with E-state index in [0.29, 0.717) is 66.2 Å². The Morgan fingerprint density at radius 2 is 1.92 bits per heavy atom. The van der Waals surface area contributed by atoms with E-state index in [1.54, 1.807) is 23.2 Å². The Morgan fingerprint density at radius 3 is 2.68 bits per heavy atom. The average Bonchev–Trinajstić information content (AvgIpc) is 3.84. The van der Waals surface area contributed by atoms with Gasteiger partial charge in [0.25, 0.3) is 5.89 Å². The minimum atomic E-state index is -0.558. The molecule has 1 amide bonds. The molecule has 258 valence electrons. The van der Waals surface area contributed by atoms with Crippen LogP contribution in [0.4, 0.5) is 10.2 Å². The van der Waals surface area contributed by atoms with Crippen molar-refractivity contribution in [2.45, 2.75) is 44.6 Å². The number of carbonyl (C=O) groups excluding carboxylic acids is 1. The summed E-state index contributed by atoms with van der Waals surface area (Å²) in [7, 11) is 1.92. The maximum Gasteiger partial charge on any atom is 0.319 e. The number of rotatable bonds is 10. The van der Waals surface area contributed by atoms with Gasteiger partial charge in [0.1, 0.15) is 23.6 Å². The van der Waals surface area contributed by atoms with E-state index < -0.39 is 5.82 Å². The number of carbonyl (C=O) groups is 1. The number of aromatic nitrogens is 5. The number of anilines is 1. The fraction of sp³-hybridized carbons (Fsp3) is 0.405. The van der Waals surface area contributed by atoms with E-state index in [9.17, 15) is 4.79 Å². The number of amides is 1. The SMILES string of the molecule is CCc1noc(/C=C/C(=O)N2CC(CN(C)c3nc(OCC45CCCN4CCC5)nc4c(F)c(-c5cccc6cccc(Cl)c56)ncc34)C2)n1. The summed E-state index contributed by atoms with van der Waals surface area (Å²) in [5, 5.41) is 6.48. The maximum atomic E-state index is 16.7. The molecule has 13 heteroatoms. The molecule has 8 rings (SSSR count). The van der Waals surface area contributed by atoms with E-state index in [1.165, 1.54) is 6.08 Å². The standard InChI is InChI=1S/C37H38ClFN8O3/c1-3-28-41-29(50-44-28)12-13-30(48)46-20-23(21-46)19-45(2)35-26-18-40-33(25-10-4-8-24-9-5-11-27(38)31(24)25)32(39)34(26)42-36(43-35)49-22-37-14-6-16-47(37)17-7-15-37/h4-5,8-13,18,23H,3,6-7,14-17,19-22H2,1-2H3/b13-12+. The molecule has 3 aliphatic rings. The lowest BCUT2D eigenvalue weighted by Crippen LogP contribution is -2.53. The molecule has 0 spiro atoms. The molecule has 3 fully saturated rings. The zero-order valence-electron chi connectivity index (χ0n) is 28.1. The lowest BCUT2D eigenvalue weighted by molar-refractivity contribution is -0.131. The third kappa shape index (κ3) is 5.94. The second-order valence-electron chi connectivity index (χ2n) is 13.6. The Labute approximate surface area is 294 Å². The Morgan fingerprint density at radius 1 is 1.14 bits per heavy atom. The minimum absolute atomic E-state index is 0.0236. The molecule has 0 bridgehead atoms. The van der Waals surface area contributed by atoms with E-state index in [4.69, 9.17) is 25.8 Å².